The Morgan fingerprint density at radius 3 is 2.57 bits per heavy atom. The van der Waals surface area contributed by atoms with Gasteiger partial charge in [0, 0.05) is 19.1 Å². The average Bonchev–Trinajstić information content (AvgIpc) is 2.95. The van der Waals surface area contributed by atoms with Gasteiger partial charge in [0.15, 0.2) is 5.58 Å². The number of hydrogen-bond acceptors (Lipinski definition) is 4. The van der Waals surface area contributed by atoms with Crippen LogP contribution in [0.1, 0.15) is 17.9 Å². The van der Waals surface area contributed by atoms with E-state index in [-0.39, 0.29) is 12.5 Å². The van der Waals surface area contributed by atoms with Gasteiger partial charge in [0.25, 0.3) is 6.01 Å². The normalized spacial score (nSPS) is 12.4. The molecule has 4 nitrogen and oxygen atoms in total. The molecule has 0 fully saturated rings. The molecule has 0 bridgehead atoms. The van der Waals surface area contributed by atoms with Gasteiger partial charge in [0.1, 0.15) is 5.52 Å². The second kappa shape index (κ2) is 6.41. The van der Waals surface area contributed by atoms with E-state index >= 15 is 0 Å². The third-order valence-electron chi connectivity index (χ3n) is 3.54. The van der Waals surface area contributed by atoms with Crippen molar-refractivity contribution < 1.29 is 9.52 Å². The van der Waals surface area contributed by atoms with Crippen molar-refractivity contribution >= 4 is 17.1 Å². The van der Waals surface area contributed by atoms with E-state index in [4.69, 9.17) is 4.42 Å². The number of rotatable bonds is 6. The standard InChI is InChI=1S/C17H18N2O2/c20-11-10-14(13-6-2-1-3-7-13)12-18-17-19-15-8-4-5-9-16(15)21-17/h1-9,14,20H,10-12H2,(H,18,19). The molecule has 1 unspecified atom stereocenters. The first-order chi connectivity index (χ1) is 10.4. The van der Waals surface area contributed by atoms with Gasteiger partial charge in [-0.3, -0.25) is 0 Å². The smallest absolute Gasteiger partial charge is 0.295 e. The monoisotopic (exact) mass is 282 g/mol. The SMILES string of the molecule is OCCC(CNc1nc2ccccc2o1)c1ccccc1. The first kappa shape index (κ1) is 13.6. The molecule has 0 aliphatic carbocycles. The largest absolute Gasteiger partial charge is 0.424 e. The van der Waals surface area contributed by atoms with E-state index in [0.29, 0.717) is 19.0 Å². The molecule has 0 radical (unpaired) electrons. The minimum Gasteiger partial charge on any atom is -0.424 e. The van der Waals surface area contributed by atoms with Crippen molar-refractivity contribution in [1.29, 1.82) is 0 Å². The Kier molecular flexibility index (Phi) is 4.17. The van der Waals surface area contributed by atoms with E-state index in [2.05, 4.69) is 22.4 Å². The van der Waals surface area contributed by atoms with E-state index in [9.17, 15) is 5.11 Å². The van der Waals surface area contributed by atoms with E-state index in [1.165, 1.54) is 5.56 Å². The predicted octanol–water partition coefficient (Wildman–Crippen LogP) is 3.41. The van der Waals surface area contributed by atoms with Crippen molar-refractivity contribution in [1.82, 2.24) is 4.98 Å². The van der Waals surface area contributed by atoms with E-state index in [0.717, 1.165) is 11.1 Å². The Morgan fingerprint density at radius 2 is 1.81 bits per heavy atom. The van der Waals surface area contributed by atoms with Gasteiger partial charge in [-0.2, -0.15) is 4.98 Å². The summed E-state index contributed by atoms with van der Waals surface area (Å²) < 4.78 is 5.65. The van der Waals surface area contributed by atoms with Crippen LogP contribution in [0.15, 0.2) is 59.0 Å². The topological polar surface area (TPSA) is 58.3 Å². The lowest BCUT2D eigenvalue weighted by molar-refractivity contribution is 0.277. The van der Waals surface area contributed by atoms with Crippen LogP contribution in [-0.4, -0.2) is 23.2 Å². The van der Waals surface area contributed by atoms with Gasteiger partial charge >= 0.3 is 0 Å². The van der Waals surface area contributed by atoms with Crippen LogP contribution in [0.4, 0.5) is 6.01 Å². The summed E-state index contributed by atoms with van der Waals surface area (Å²) in [6, 6.07) is 18.4. The van der Waals surface area contributed by atoms with Crippen LogP contribution < -0.4 is 5.32 Å². The van der Waals surface area contributed by atoms with Crippen molar-refractivity contribution in [3.05, 3.63) is 60.2 Å². The van der Waals surface area contributed by atoms with Crippen molar-refractivity contribution in [3.63, 3.8) is 0 Å². The Hall–Kier alpha value is -2.33. The first-order valence-electron chi connectivity index (χ1n) is 7.12. The third kappa shape index (κ3) is 3.23. The first-order valence-corrected chi connectivity index (χ1v) is 7.12. The fourth-order valence-electron chi connectivity index (χ4n) is 2.43. The maximum atomic E-state index is 9.24. The van der Waals surface area contributed by atoms with Crippen molar-refractivity contribution in [2.24, 2.45) is 0 Å². The van der Waals surface area contributed by atoms with Crippen LogP contribution in [0.3, 0.4) is 0 Å². The lowest BCUT2D eigenvalue weighted by Crippen LogP contribution is -2.14. The second-order valence-corrected chi connectivity index (χ2v) is 4.99. The molecule has 1 atom stereocenters. The number of fused-ring (bicyclic) bond motifs is 1. The van der Waals surface area contributed by atoms with Gasteiger partial charge in [0.05, 0.1) is 0 Å². The van der Waals surface area contributed by atoms with E-state index in [1.54, 1.807) is 0 Å². The number of nitrogens with zero attached hydrogens (tertiary/aromatic N) is 1. The molecule has 2 N–H and O–H groups in total. The van der Waals surface area contributed by atoms with E-state index in [1.807, 2.05) is 42.5 Å². The summed E-state index contributed by atoms with van der Waals surface area (Å²) in [5.74, 6) is 0.228. The summed E-state index contributed by atoms with van der Waals surface area (Å²) >= 11 is 0. The number of aliphatic hydroxyl groups is 1. The lowest BCUT2D eigenvalue weighted by Gasteiger charge is -2.16. The Balaban J connectivity index is 1.71. The second-order valence-electron chi connectivity index (χ2n) is 4.99. The summed E-state index contributed by atoms with van der Waals surface area (Å²) in [5, 5.41) is 12.5. The average molecular weight is 282 g/mol. The van der Waals surface area contributed by atoms with E-state index < -0.39 is 0 Å². The number of aliphatic hydroxyl groups excluding tert-OH is 1. The number of aromatic nitrogens is 1. The van der Waals surface area contributed by atoms with Gasteiger partial charge in [-0.25, -0.2) is 0 Å². The van der Waals surface area contributed by atoms with Crippen molar-refractivity contribution in [2.75, 3.05) is 18.5 Å². The Morgan fingerprint density at radius 1 is 1.05 bits per heavy atom. The number of anilines is 1. The van der Waals surface area contributed by atoms with Crippen molar-refractivity contribution in [3.8, 4) is 0 Å². The maximum Gasteiger partial charge on any atom is 0.295 e. The van der Waals surface area contributed by atoms with Crippen molar-refractivity contribution in [2.45, 2.75) is 12.3 Å². The summed E-state index contributed by atoms with van der Waals surface area (Å²) in [4.78, 5) is 4.40. The van der Waals surface area contributed by atoms with Gasteiger partial charge in [0.2, 0.25) is 0 Å². The molecule has 0 aliphatic heterocycles. The number of benzene rings is 2. The molecule has 0 spiro atoms. The summed E-state index contributed by atoms with van der Waals surface area (Å²) in [6.45, 7) is 0.839. The fraction of sp³-hybridized carbons (Fsp3) is 0.235. The molecule has 0 saturated carbocycles. The third-order valence-corrected chi connectivity index (χ3v) is 3.54. The predicted molar refractivity (Wildman–Crippen MR) is 83.4 cm³/mol. The lowest BCUT2D eigenvalue weighted by atomic mass is 9.96. The maximum absolute atomic E-state index is 9.24. The van der Waals surface area contributed by atoms with Gasteiger partial charge in [-0.15, -0.1) is 0 Å². The molecule has 3 rings (SSSR count). The summed E-state index contributed by atoms with van der Waals surface area (Å²) in [5.41, 5.74) is 2.83. The number of nitrogens with one attached hydrogen (secondary N) is 1. The van der Waals surface area contributed by atoms with Crippen LogP contribution in [0.2, 0.25) is 0 Å². The summed E-state index contributed by atoms with van der Waals surface area (Å²) in [6.07, 6.45) is 0.706. The van der Waals surface area contributed by atoms with Crippen LogP contribution in [-0.2, 0) is 0 Å². The quantitative estimate of drug-likeness (QED) is 0.727. The molecular formula is C17H18N2O2. The highest BCUT2D eigenvalue weighted by molar-refractivity contribution is 5.74. The zero-order chi connectivity index (χ0) is 14.5. The highest BCUT2D eigenvalue weighted by atomic mass is 16.4. The van der Waals surface area contributed by atoms with Crippen LogP contribution in [0.25, 0.3) is 11.1 Å². The Labute approximate surface area is 123 Å². The molecule has 1 heterocycles. The fourth-order valence-corrected chi connectivity index (χ4v) is 2.43. The minimum atomic E-state index is 0.162. The minimum absolute atomic E-state index is 0.162. The summed E-state index contributed by atoms with van der Waals surface area (Å²) in [7, 11) is 0. The molecule has 108 valence electrons. The molecule has 4 heteroatoms. The molecule has 0 amide bonds. The molecule has 1 aromatic heterocycles. The van der Waals surface area contributed by atoms with Gasteiger partial charge < -0.3 is 14.8 Å². The van der Waals surface area contributed by atoms with Gasteiger partial charge in [-0.05, 0) is 24.1 Å². The number of hydrogen-bond donors (Lipinski definition) is 2. The van der Waals surface area contributed by atoms with Crippen LogP contribution >= 0.6 is 0 Å². The molecule has 21 heavy (non-hydrogen) atoms. The highest BCUT2D eigenvalue weighted by Crippen LogP contribution is 2.22. The van der Waals surface area contributed by atoms with Gasteiger partial charge in [-0.1, -0.05) is 42.5 Å². The highest BCUT2D eigenvalue weighted by Gasteiger charge is 2.12. The zero-order valence-electron chi connectivity index (χ0n) is 11.7. The number of oxazole rings is 1. The molecule has 0 saturated heterocycles. The molecule has 3 aromatic rings. The molecule has 0 aliphatic rings. The van der Waals surface area contributed by atoms with Crippen LogP contribution in [0.5, 0.6) is 0 Å². The molecule has 2 aromatic carbocycles. The molecular weight excluding hydrogens is 264 g/mol. The Bertz CT molecular complexity index is 661. The number of para-hydroxylation sites is 2. The van der Waals surface area contributed by atoms with Crippen LogP contribution in [0, 0.1) is 0 Å². The zero-order valence-corrected chi connectivity index (χ0v) is 11.7.